The van der Waals surface area contributed by atoms with Gasteiger partial charge in [-0.25, -0.2) is 4.98 Å². The molecule has 0 aliphatic rings. The number of nitrogens with zero attached hydrogens (tertiary/aromatic N) is 2. The highest BCUT2D eigenvalue weighted by Crippen LogP contribution is 2.18. The molecule has 110 valence electrons. The smallest absolute Gasteiger partial charge is 0.418 e. The molecule has 0 saturated carbocycles. The molecule has 0 aliphatic heterocycles. The zero-order valence-electron chi connectivity index (χ0n) is 11.3. The maximum Gasteiger partial charge on any atom is 0.673 e. The van der Waals surface area contributed by atoms with Crippen molar-refractivity contribution in [2.24, 2.45) is 0 Å². The van der Waals surface area contributed by atoms with Crippen molar-refractivity contribution in [3.05, 3.63) is 48.8 Å². The molecule has 3 aromatic rings. The molecule has 2 aromatic carbocycles. The van der Waals surface area contributed by atoms with Crippen LogP contribution >= 0.6 is 0 Å². The molecule has 0 atom stereocenters. The van der Waals surface area contributed by atoms with Crippen LogP contribution in [0.15, 0.2) is 48.8 Å². The summed E-state index contributed by atoms with van der Waals surface area (Å²) in [5, 5.41) is 2.52. The minimum Gasteiger partial charge on any atom is -0.418 e. The van der Waals surface area contributed by atoms with Crippen LogP contribution in [-0.2, 0) is 6.54 Å². The van der Waals surface area contributed by atoms with Crippen molar-refractivity contribution in [2.45, 2.75) is 13.5 Å². The van der Waals surface area contributed by atoms with Gasteiger partial charge in [-0.3, -0.25) is 0 Å². The Bertz CT molecular complexity index is 753. The van der Waals surface area contributed by atoms with Gasteiger partial charge in [-0.05, 0) is 23.8 Å². The van der Waals surface area contributed by atoms with Crippen LogP contribution in [-0.4, -0.2) is 12.2 Å². The molecular weight excluding hydrogens is 283 g/mol. The minimum absolute atomic E-state index is 0.970. The average molecular weight is 296 g/mol. The van der Waals surface area contributed by atoms with Crippen molar-refractivity contribution in [1.29, 1.82) is 0 Å². The largest absolute Gasteiger partial charge is 0.673 e. The van der Waals surface area contributed by atoms with E-state index in [-0.39, 0.29) is 0 Å². The first kappa shape index (κ1) is 15.2. The van der Waals surface area contributed by atoms with E-state index in [0.717, 1.165) is 12.1 Å². The second-order valence-corrected chi connectivity index (χ2v) is 4.40. The predicted octanol–water partition coefficient (Wildman–Crippen LogP) is 4.00. The summed E-state index contributed by atoms with van der Waals surface area (Å²) in [6.45, 7) is 3.12. The minimum atomic E-state index is -6.00. The zero-order valence-corrected chi connectivity index (χ0v) is 11.3. The van der Waals surface area contributed by atoms with E-state index >= 15 is 0 Å². The SMILES string of the molecule is CC[n+]1ccnc2cc3ccccc3cc21.F[B-](F)(F)F. The number of fused-ring (bicyclic) bond motifs is 2. The molecular formula is C14H13BF4N2. The van der Waals surface area contributed by atoms with Crippen LogP contribution in [0.3, 0.4) is 0 Å². The maximum atomic E-state index is 9.75. The van der Waals surface area contributed by atoms with E-state index in [1.54, 1.807) is 0 Å². The van der Waals surface area contributed by atoms with Gasteiger partial charge >= 0.3 is 7.25 Å². The van der Waals surface area contributed by atoms with E-state index < -0.39 is 7.25 Å². The highest BCUT2D eigenvalue weighted by atomic mass is 19.5. The van der Waals surface area contributed by atoms with Crippen molar-refractivity contribution >= 4 is 29.1 Å². The Labute approximate surface area is 119 Å². The van der Waals surface area contributed by atoms with Crippen LogP contribution < -0.4 is 4.57 Å². The van der Waals surface area contributed by atoms with Crippen molar-refractivity contribution < 1.29 is 21.8 Å². The van der Waals surface area contributed by atoms with Crippen LogP contribution in [0, 0.1) is 0 Å². The van der Waals surface area contributed by atoms with Crippen LogP contribution in [0.1, 0.15) is 6.92 Å². The second-order valence-electron chi connectivity index (χ2n) is 4.40. The lowest BCUT2D eigenvalue weighted by Gasteiger charge is -2.00. The van der Waals surface area contributed by atoms with Gasteiger partial charge in [-0.15, -0.1) is 0 Å². The van der Waals surface area contributed by atoms with Crippen LogP contribution in [0.4, 0.5) is 17.3 Å². The van der Waals surface area contributed by atoms with Gasteiger partial charge in [-0.2, -0.15) is 4.57 Å². The Hall–Kier alpha value is -2.18. The molecule has 0 bridgehead atoms. The third-order valence-corrected chi connectivity index (χ3v) is 2.95. The van der Waals surface area contributed by atoms with Gasteiger partial charge in [0.05, 0.1) is 6.20 Å². The van der Waals surface area contributed by atoms with E-state index in [1.807, 2.05) is 12.4 Å². The van der Waals surface area contributed by atoms with Gasteiger partial charge in [0.15, 0.2) is 6.20 Å². The number of benzene rings is 2. The van der Waals surface area contributed by atoms with E-state index in [2.05, 4.69) is 52.9 Å². The van der Waals surface area contributed by atoms with Gasteiger partial charge in [0.2, 0.25) is 5.52 Å². The van der Waals surface area contributed by atoms with E-state index in [4.69, 9.17) is 0 Å². The summed E-state index contributed by atoms with van der Waals surface area (Å²) in [4.78, 5) is 4.42. The second kappa shape index (κ2) is 6.07. The van der Waals surface area contributed by atoms with Crippen LogP contribution in [0.2, 0.25) is 0 Å². The lowest BCUT2D eigenvalue weighted by Crippen LogP contribution is -2.32. The highest BCUT2D eigenvalue weighted by molar-refractivity contribution is 6.50. The molecule has 0 aliphatic carbocycles. The first-order valence-corrected chi connectivity index (χ1v) is 6.43. The number of halogens is 4. The summed E-state index contributed by atoms with van der Waals surface area (Å²) in [6.07, 6.45) is 3.89. The number of rotatable bonds is 1. The fraction of sp³-hybridized carbons (Fsp3) is 0.143. The van der Waals surface area contributed by atoms with Crippen LogP contribution in [0.25, 0.3) is 21.8 Å². The Morgan fingerprint density at radius 2 is 1.62 bits per heavy atom. The van der Waals surface area contributed by atoms with Crippen molar-refractivity contribution in [1.82, 2.24) is 4.98 Å². The average Bonchev–Trinajstić information content (AvgIpc) is 2.42. The van der Waals surface area contributed by atoms with Gasteiger partial charge in [0, 0.05) is 6.07 Å². The first-order valence-electron chi connectivity index (χ1n) is 6.43. The Kier molecular flexibility index (Phi) is 4.40. The third-order valence-electron chi connectivity index (χ3n) is 2.95. The number of hydrogen-bond acceptors (Lipinski definition) is 1. The summed E-state index contributed by atoms with van der Waals surface area (Å²) in [7, 11) is -6.00. The predicted molar refractivity (Wildman–Crippen MR) is 75.3 cm³/mol. The highest BCUT2D eigenvalue weighted by Gasteiger charge is 2.20. The maximum absolute atomic E-state index is 9.75. The molecule has 0 spiro atoms. The van der Waals surface area contributed by atoms with Gasteiger partial charge in [0.1, 0.15) is 12.1 Å². The molecule has 0 radical (unpaired) electrons. The van der Waals surface area contributed by atoms with Gasteiger partial charge in [0.25, 0.3) is 0 Å². The first-order chi connectivity index (χ1) is 9.88. The fourth-order valence-corrected chi connectivity index (χ4v) is 2.10. The normalized spacial score (nSPS) is 11.3. The molecule has 0 fully saturated rings. The molecule has 0 saturated heterocycles. The molecule has 0 amide bonds. The topological polar surface area (TPSA) is 16.8 Å². The Morgan fingerprint density at radius 1 is 1.05 bits per heavy atom. The molecule has 21 heavy (non-hydrogen) atoms. The fourth-order valence-electron chi connectivity index (χ4n) is 2.10. The lowest BCUT2D eigenvalue weighted by molar-refractivity contribution is -0.668. The number of aryl methyl sites for hydroxylation is 1. The third kappa shape index (κ3) is 4.14. The zero-order chi connectivity index (χ0) is 15.5. The molecule has 1 heterocycles. The lowest BCUT2D eigenvalue weighted by atomic mass is 10.1. The van der Waals surface area contributed by atoms with Crippen molar-refractivity contribution in [3.63, 3.8) is 0 Å². The number of aromatic nitrogens is 2. The molecule has 7 heteroatoms. The van der Waals surface area contributed by atoms with Crippen LogP contribution in [0.5, 0.6) is 0 Å². The monoisotopic (exact) mass is 296 g/mol. The molecule has 0 N–H and O–H groups in total. The van der Waals surface area contributed by atoms with E-state index in [0.29, 0.717) is 0 Å². The summed E-state index contributed by atoms with van der Waals surface area (Å²) in [6, 6.07) is 12.8. The Morgan fingerprint density at radius 3 is 2.19 bits per heavy atom. The summed E-state index contributed by atoms with van der Waals surface area (Å²) >= 11 is 0. The molecule has 3 rings (SSSR count). The summed E-state index contributed by atoms with van der Waals surface area (Å²) in [5.41, 5.74) is 2.26. The summed E-state index contributed by atoms with van der Waals surface area (Å²) in [5.74, 6) is 0. The quantitative estimate of drug-likeness (QED) is 0.287. The molecule has 0 unspecified atom stereocenters. The van der Waals surface area contributed by atoms with E-state index in [1.165, 1.54) is 16.3 Å². The standard InChI is InChI=1S/C14H13N2.BF4/c1-2-16-8-7-15-13-9-11-5-3-4-6-12(11)10-14(13)16;2-1(3,4)5/h3-10H,2H2,1H3;/q+1;-1. The van der Waals surface area contributed by atoms with E-state index in [9.17, 15) is 17.3 Å². The van der Waals surface area contributed by atoms with Gasteiger partial charge < -0.3 is 17.3 Å². The molecule has 2 nitrogen and oxygen atoms in total. The Balaban J connectivity index is 0.000000282. The molecule has 1 aromatic heterocycles. The van der Waals surface area contributed by atoms with Gasteiger partial charge in [-0.1, -0.05) is 24.3 Å². The summed E-state index contributed by atoms with van der Waals surface area (Å²) < 4.78 is 41.2. The van der Waals surface area contributed by atoms with Crippen molar-refractivity contribution in [3.8, 4) is 0 Å². The number of hydrogen-bond donors (Lipinski definition) is 0. The van der Waals surface area contributed by atoms with Crippen molar-refractivity contribution in [2.75, 3.05) is 0 Å².